The molecular formula is C17H26N2O2. The molecule has 116 valence electrons. The van der Waals surface area contributed by atoms with Crippen molar-refractivity contribution >= 4 is 0 Å². The van der Waals surface area contributed by atoms with Crippen molar-refractivity contribution in [2.75, 3.05) is 39.4 Å². The van der Waals surface area contributed by atoms with Gasteiger partial charge < -0.3 is 15.2 Å². The van der Waals surface area contributed by atoms with Crippen LogP contribution in [0.2, 0.25) is 0 Å². The molecule has 4 heteroatoms. The molecule has 0 bridgehead atoms. The Balaban J connectivity index is 1.62. The fraction of sp³-hybridized carbons (Fsp3) is 0.647. The van der Waals surface area contributed by atoms with Gasteiger partial charge in [-0.2, -0.15) is 0 Å². The molecule has 1 aliphatic heterocycles. The number of hydrogen-bond acceptors (Lipinski definition) is 4. The number of phenolic OH excluding ortho intramolecular Hbond substituents is 1. The van der Waals surface area contributed by atoms with Crippen LogP contribution >= 0.6 is 0 Å². The topological polar surface area (TPSA) is 44.7 Å². The number of aromatic hydroxyl groups is 1. The molecule has 1 heterocycles. The molecule has 0 spiro atoms. The number of phenols is 1. The molecule has 1 aromatic rings. The monoisotopic (exact) mass is 290 g/mol. The largest absolute Gasteiger partial charge is 0.508 e. The molecule has 2 N–H and O–H groups in total. The predicted octanol–water partition coefficient (Wildman–Crippen LogP) is 2.17. The third-order valence-corrected chi connectivity index (χ3v) is 4.84. The first-order chi connectivity index (χ1) is 10.2. The van der Waals surface area contributed by atoms with Gasteiger partial charge in [0.05, 0.1) is 13.2 Å². The zero-order valence-electron chi connectivity index (χ0n) is 13.1. The lowest BCUT2D eigenvalue weighted by Crippen LogP contribution is -2.40. The summed E-state index contributed by atoms with van der Waals surface area (Å²) in [6.45, 7) is 10.2. The van der Waals surface area contributed by atoms with E-state index in [4.69, 9.17) is 4.74 Å². The fourth-order valence-electron chi connectivity index (χ4n) is 3.75. The van der Waals surface area contributed by atoms with E-state index in [1.807, 2.05) is 12.1 Å². The van der Waals surface area contributed by atoms with Gasteiger partial charge in [0.1, 0.15) is 5.75 Å². The quantitative estimate of drug-likeness (QED) is 0.892. The summed E-state index contributed by atoms with van der Waals surface area (Å²) in [5.74, 6) is 0.969. The van der Waals surface area contributed by atoms with Crippen LogP contribution in [0, 0.1) is 6.92 Å². The van der Waals surface area contributed by atoms with Gasteiger partial charge in [0.15, 0.2) is 0 Å². The van der Waals surface area contributed by atoms with Crippen LogP contribution in [0.1, 0.15) is 42.0 Å². The van der Waals surface area contributed by atoms with Crippen LogP contribution in [-0.2, 0) is 4.74 Å². The maximum atomic E-state index is 10.2. The molecule has 1 aliphatic carbocycles. The first-order valence-electron chi connectivity index (χ1n) is 8.02. The summed E-state index contributed by atoms with van der Waals surface area (Å²) in [7, 11) is 0. The van der Waals surface area contributed by atoms with Crippen LogP contribution in [0.25, 0.3) is 0 Å². The first-order valence-corrected chi connectivity index (χ1v) is 8.02. The highest BCUT2D eigenvalue weighted by Gasteiger charge is 2.31. The Hall–Kier alpha value is -1.10. The molecule has 1 saturated heterocycles. The van der Waals surface area contributed by atoms with Gasteiger partial charge >= 0.3 is 0 Å². The van der Waals surface area contributed by atoms with Gasteiger partial charge in [-0.1, -0.05) is 13.0 Å². The SMILES string of the molecule is Cc1ccc(O)c2c1C(C)CC2NCCN1CCOCC1. The first kappa shape index (κ1) is 14.8. The standard InChI is InChI=1S/C17H26N2O2/c1-12-3-4-15(20)17-14(11-13(2)16(12)17)18-5-6-19-7-9-21-10-8-19/h3-4,13-14,18,20H,5-11H2,1-2H3. The second-order valence-corrected chi connectivity index (χ2v) is 6.33. The Kier molecular flexibility index (Phi) is 4.48. The van der Waals surface area contributed by atoms with Crippen molar-refractivity contribution in [1.82, 2.24) is 10.2 Å². The van der Waals surface area contributed by atoms with E-state index in [2.05, 4.69) is 24.1 Å². The molecule has 2 aliphatic rings. The number of aryl methyl sites for hydroxylation is 1. The van der Waals surface area contributed by atoms with E-state index in [1.54, 1.807) is 0 Å². The maximum absolute atomic E-state index is 10.2. The molecule has 1 aromatic carbocycles. The van der Waals surface area contributed by atoms with Crippen molar-refractivity contribution in [2.24, 2.45) is 0 Å². The number of nitrogens with zero attached hydrogens (tertiary/aromatic N) is 1. The zero-order valence-corrected chi connectivity index (χ0v) is 13.1. The number of benzene rings is 1. The summed E-state index contributed by atoms with van der Waals surface area (Å²) in [6.07, 6.45) is 1.08. The predicted molar refractivity (Wildman–Crippen MR) is 83.9 cm³/mol. The normalized spacial score (nSPS) is 26.0. The van der Waals surface area contributed by atoms with Crippen LogP contribution in [0.3, 0.4) is 0 Å². The average Bonchev–Trinajstić information content (AvgIpc) is 2.82. The zero-order chi connectivity index (χ0) is 14.8. The molecule has 2 unspecified atom stereocenters. The second-order valence-electron chi connectivity index (χ2n) is 6.33. The smallest absolute Gasteiger partial charge is 0.120 e. The van der Waals surface area contributed by atoms with Crippen LogP contribution in [0.5, 0.6) is 5.75 Å². The van der Waals surface area contributed by atoms with Crippen molar-refractivity contribution in [1.29, 1.82) is 0 Å². The van der Waals surface area contributed by atoms with E-state index < -0.39 is 0 Å². The van der Waals surface area contributed by atoms with Gasteiger partial charge in [-0.05, 0) is 36.5 Å². The van der Waals surface area contributed by atoms with Crippen molar-refractivity contribution in [3.8, 4) is 5.75 Å². The molecule has 0 amide bonds. The Labute approximate surface area is 127 Å². The minimum absolute atomic E-state index is 0.288. The van der Waals surface area contributed by atoms with Crippen LogP contribution in [0.15, 0.2) is 12.1 Å². The van der Waals surface area contributed by atoms with Gasteiger partial charge in [0.25, 0.3) is 0 Å². The summed E-state index contributed by atoms with van der Waals surface area (Å²) in [6, 6.07) is 4.15. The molecule has 2 atom stereocenters. The highest BCUT2D eigenvalue weighted by molar-refractivity contribution is 5.50. The van der Waals surface area contributed by atoms with Crippen molar-refractivity contribution in [3.05, 3.63) is 28.8 Å². The number of rotatable bonds is 4. The Morgan fingerprint density at radius 3 is 2.81 bits per heavy atom. The minimum atomic E-state index is 0.288. The highest BCUT2D eigenvalue weighted by atomic mass is 16.5. The van der Waals surface area contributed by atoms with E-state index >= 15 is 0 Å². The van der Waals surface area contributed by atoms with Gasteiger partial charge in [-0.15, -0.1) is 0 Å². The van der Waals surface area contributed by atoms with Gasteiger partial charge in [0, 0.05) is 37.8 Å². The number of morpholine rings is 1. The van der Waals surface area contributed by atoms with Crippen LogP contribution in [-0.4, -0.2) is 49.4 Å². The lowest BCUT2D eigenvalue weighted by Gasteiger charge is -2.27. The van der Waals surface area contributed by atoms with Gasteiger partial charge in [0.2, 0.25) is 0 Å². The Bertz CT molecular complexity index is 498. The van der Waals surface area contributed by atoms with Gasteiger partial charge in [-0.3, -0.25) is 4.90 Å². The Morgan fingerprint density at radius 1 is 1.29 bits per heavy atom. The van der Waals surface area contributed by atoms with Crippen molar-refractivity contribution < 1.29 is 9.84 Å². The summed E-state index contributed by atoms with van der Waals surface area (Å²) in [4.78, 5) is 2.44. The third kappa shape index (κ3) is 3.07. The summed E-state index contributed by atoms with van der Waals surface area (Å²) >= 11 is 0. The van der Waals surface area contributed by atoms with E-state index in [0.29, 0.717) is 11.7 Å². The lowest BCUT2D eigenvalue weighted by molar-refractivity contribution is 0.0381. The summed E-state index contributed by atoms with van der Waals surface area (Å²) in [5, 5.41) is 13.9. The molecule has 1 fully saturated rings. The number of fused-ring (bicyclic) bond motifs is 1. The summed E-state index contributed by atoms with van der Waals surface area (Å²) < 4.78 is 5.37. The molecule has 0 saturated carbocycles. The van der Waals surface area contributed by atoms with Crippen molar-refractivity contribution in [3.63, 3.8) is 0 Å². The third-order valence-electron chi connectivity index (χ3n) is 4.84. The molecule has 0 aromatic heterocycles. The minimum Gasteiger partial charge on any atom is -0.508 e. The molecule has 21 heavy (non-hydrogen) atoms. The average molecular weight is 290 g/mol. The molecular weight excluding hydrogens is 264 g/mol. The molecule has 3 rings (SSSR count). The molecule has 4 nitrogen and oxygen atoms in total. The summed E-state index contributed by atoms with van der Waals surface area (Å²) in [5.41, 5.74) is 3.77. The lowest BCUT2D eigenvalue weighted by atomic mass is 9.97. The maximum Gasteiger partial charge on any atom is 0.120 e. The van der Waals surface area contributed by atoms with E-state index in [9.17, 15) is 5.11 Å². The van der Waals surface area contributed by atoms with E-state index in [0.717, 1.165) is 51.4 Å². The van der Waals surface area contributed by atoms with Crippen LogP contribution < -0.4 is 5.32 Å². The number of ether oxygens (including phenoxy) is 1. The van der Waals surface area contributed by atoms with Crippen molar-refractivity contribution in [2.45, 2.75) is 32.2 Å². The van der Waals surface area contributed by atoms with Gasteiger partial charge in [-0.25, -0.2) is 0 Å². The van der Waals surface area contributed by atoms with E-state index in [1.165, 1.54) is 11.1 Å². The number of hydrogen-bond donors (Lipinski definition) is 2. The number of nitrogens with one attached hydrogen (secondary N) is 1. The fourth-order valence-corrected chi connectivity index (χ4v) is 3.75. The van der Waals surface area contributed by atoms with Crippen LogP contribution in [0.4, 0.5) is 0 Å². The Morgan fingerprint density at radius 2 is 2.05 bits per heavy atom. The van der Waals surface area contributed by atoms with E-state index in [-0.39, 0.29) is 6.04 Å². The highest BCUT2D eigenvalue weighted by Crippen LogP contribution is 2.45. The molecule has 0 radical (unpaired) electrons. The second kappa shape index (κ2) is 6.34.